The van der Waals surface area contributed by atoms with Crippen molar-refractivity contribution < 1.29 is 19.4 Å². The number of benzene rings is 3. The summed E-state index contributed by atoms with van der Waals surface area (Å²) in [5, 5.41) is 11.8. The van der Waals surface area contributed by atoms with Crippen LogP contribution in [0.1, 0.15) is 37.4 Å². The smallest absolute Gasteiger partial charge is 0.335 e. The number of rotatable bonds is 6. The molecule has 0 atom stereocenters. The Morgan fingerprint density at radius 3 is 2.18 bits per heavy atom. The van der Waals surface area contributed by atoms with E-state index in [1.165, 1.54) is 0 Å². The molecule has 3 aromatic rings. The number of carboxylic acid groups (broad SMARTS) is 1. The molecule has 28 heavy (non-hydrogen) atoms. The number of aromatic carboxylic acids is 1. The molecule has 1 amide bonds. The molecule has 3 aromatic carbocycles. The molecule has 5 heteroatoms. The fourth-order valence-corrected chi connectivity index (χ4v) is 2.68. The first-order chi connectivity index (χ1) is 13.4. The quantitative estimate of drug-likeness (QED) is 0.647. The first-order valence-corrected chi connectivity index (χ1v) is 8.86. The highest BCUT2D eigenvalue weighted by Crippen LogP contribution is 2.19. The Morgan fingerprint density at radius 1 is 0.893 bits per heavy atom. The monoisotopic (exact) mass is 375 g/mol. The highest BCUT2D eigenvalue weighted by atomic mass is 16.5. The van der Waals surface area contributed by atoms with Crippen LogP contribution in [-0.4, -0.2) is 17.0 Å². The van der Waals surface area contributed by atoms with Gasteiger partial charge >= 0.3 is 5.97 Å². The summed E-state index contributed by atoms with van der Waals surface area (Å²) in [6.45, 7) is 4.25. The van der Waals surface area contributed by atoms with Crippen molar-refractivity contribution in [2.75, 3.05) is 5.32 Å². The molecule has 0 fully saturated rings. The lowest BCUT2D eigenvalue weighted by Crippen LogP contribution is -2.12. The Balaban J connectivity index is 1.60. The Kier molecular flexibility index (Phi) is 5.75. The molecule has 3 rings (SSSR count). The normalized spacial score (nSPS) is 10.4. The standard InChI is InChI=1S/C23H21NO4/c1-15-3-4-16(2)21(13-15)24-22(25)18-9-11-20(12-10-18)28-14-17-5-7-19(8-6-17)23(26)27/h3-13H,14H2,1-2H3,(H,24,25)(H,26,27). The predicted molar refractivity (Wildman–Crippen MR) is 108 cm³/mol. The van der Waals surface area contributed by atoms with E-state index in [1.807, 2.05) is 32.0 Å². The summed E-state index contributed by atoms with van der Waals surface area (Å²) in [4.78, 5) is 23.3. The zero-order valence-electron chi connectivity index (χ0n) is 15.7. The Bertz CT molecular complexity index is 992. The first kappa shape index (κ1) is 19.2. The highest BCUT2D eigenvalue weighted by molar-refractivity contribution is 6.04. The molecule has 0 unspecified atom stereocenters. The number of amides is 1. The molecule has 0 aliphatic rings. The summed E-state index contributed by atoms with van der Waals surface area (Å²) >= 11 is 0. The number of carboxylic acids is 1. The van der Waals surface area contributed by atoms with Crippen LogP contribution in [0, 0.1) is 13.8 Å². The number of carbonyl (C=O) groups excluding carboxylic acids is 1. The molecule has 0 bridgehead atoms. The van der Waals surface area contributed by atoms with Gasteiger partial charge in [-0.05, 0) is 73.0 Å². The lowest BCUT2D eigenvalue weighted by Gasteiger charge is -2.10. The highest BCUT2D eigenvalue weighted by Gasteiger charge is 2.08. The fourth-order valence-electron chi connectivity index (χ4n) is 2.68. The number of aryl methyl sites for hydroxylation is 2. The van der Waals surface area contributed by atoms with Gasteiger partial charge in [0, 0.05) is 11.3 Å². The second kappa shape index (κ2) is 8.39. The molecule has 0 aliphatic heterocycles. The van der Waals surface area contributed by atoms with E-state index in [0.717, 1.165) is 22.4 Å². The third kappa shape index (κ3) is 4.76. The van der Waals surface area contributed by atoms with Gasteiger partial charge in [-0.2, -0.15) is 0 Å². The van der Waals surface area contributed by atoms with Gasteiger partial charge < -0.3 is 15.2 Å². The van der Waals surface area contributed by atoms with E-state index < -0.39 is 5.97 Å². The lowest BCUT2D eigenvalue weighted by molar-refractivity contribution is 0.0696. The van der Waals surface area contributed by atoms with Gasteiger partial charge in [-0.25, -0.2) is 4.79 Å². The third-order valence-electron chi connectivity index (χ3n) is 4.36. The van der Waals surface area contributed by atoms with E-state index in [4.69, 9.17) is 9.84 Å². The van der Waals surface area contributed by atoms with Crippen LogP contribution in [-0.2, 0) is 6.61 Å². The van der Waals surface area contributed by atoms with Crippen LogP contribution in [0.5, 0.6) is 5.75 Å². The van der Waals surface area contributed by atoms with Gasteiger partial charge in [0.05, 0.1) is 5.56 Å². The summed E-state index contributed by atoms with van der Waals surface area (Å²) in [7, 11) is 0. The molecule has 0 spiro atoms. The average molecular weight is 375 g/mol. The summed E-state index contributed by atoms with van der Waals surface area (Å²) in [6, 6.07) is 19.4. The topological polar surface area (TPSA) is 75.6 Å². The molecular weight excluding hydrogens is 354 g/mol. The Hall–Kier alpha value is -3.60. The van der Waals surface area contributed by atoms with Gasteiger partial charge in [-0.15, -0.1) is 0 Å². The van der Waals surface area contributed by atoms with Crippen LogP contribution in [0.2, 0.25) is 0 Å². The SMILES string of the molecule is Cc1ccc(C)c(NC(=O)c2ccc(OCc3ccc(C(=O)O)cc3)cc2)c1. The zero-order chi connectivity index (χ0) is 20.1. The van der Waals surface area contributed by atoms with Gasteiger partial charge in [-0.1, -0.05) is 24.3 Å². The van der Waals surface area contributed by atoms with Crippen molar-refractivity contribution in [1.29, 1.82) is 0 Å². The minimum absolute atomic E-state index is 0.176. The van der Waals surface area contributed by atoms with Crippen LogP contribution < -0.4 is 10.1 Å². The van der Waals surface area contributed by atoms with Crippen LogP contribution >= 0.6 is 0 Å². The van der Waals surface area contributed by atoms with Crippen LogP contribution in [0.15, 0.2) is 66.7 Å². The van der Waals surface area contributed by atoms with Crippen molar-refractivity contribution >= 4 is 17.6 Å². The lowest BCUT2D eigenvalue weighted by atomic mass is 10.1. The van der Waals surface area contributed by atoms with Gasteiger partial charge in [-0.3, -0.25) is 4.79 Å². The van der Waals surface area contributed by atoms with Crippen LogP contribution in [0.4, 0.5) is 5.69 Å². The molecule has 0 saturated carbocycles. The Labute approximate surface area is 163 Å². The summed E-state index contributed by atoms with van der Waals surface area (Å²) in [5.74, 6) is -0.503. The number of ether oxygens (including phenoxy) is 1. The maximum atomic E-state index is 12.5. The van der Waals surface area contributed by atoms with Crippen molar-refractivity contribution in [3.63, 3.8) is 0 Å². The largest absolute Gasteiger partial charge is 0.489 e. The molecule has 5 nitrogen and oxygen atoms in total. The summed E-state index contributed by atoms with van der Waals surface area (Å²) in [5.41, 5.74) is 4.53. The second-order valence-electron chi connectivity index (χ2n) is 6.59. The molecule has 0 saturated heterocycles. The van der Waals surface area contributed by atoms with Gasteiger partial charge in [0.15, 0.2) is 0 Å². The summed E-state index contributed by atoms with van der Waals surface area (Å²) < 4.78 is 5.70. The molecular formula is C23H21NO4. The minimum atomic E-state index is -0.956. The molecule has 0 heterocycles. The fraction of sp³-hybridized carbons (Fsp3) is 0.130. The number of nitrogens with one attached hydrogen (secondary N) is 1. The number of anilines is 1. The first-order valence-electron chi connectivity index (χ1n) is 8.86. The summed E-state index contributed by atoms with van der Waals surface area (Å²) in [6.07, 6.45) is 0. The van der Waals surface area contributed by atoms with Crippen molar-refractivity contribution in [3.8, 4) is 5.75 Å². The number of hydrogen-bond donors (Lipinski definition) is 2. The van der Waals surface area contributed by atoms with Gasteiger partial charge in [0.1, 0.15) is 12.4 Å². The maximum absolute atomic E-state index is 12.5. The van der Waals surface area contributed by atoms with E-state index in [9.17, 15) is 9.59 Å². The second-order valence-corrected chi connectivity index (χ2v) is 6.59. The predicted octanol–water partition coefficient (Wildman–Crippen LogP) is 4.83. The van der Waals surface area contributed by atoms with Crippen molar-refractivity contribution in [2.24, 2.45) is 0 Å². The van der Waals surface area contributed by atoms with E-state index in [1.54, 1.807) is 48.5 Å². The molecule has 0 aromatic heterocycles. The molecule has 0 aliphatic carbocycles. The van der Waals surface area contributed by atoms with Crippen molar-refractivity contribution in [3.05, 3.63) is 94.5 Å². The van der Waals surface area contributed by atoms with E-state index in [0.29, 0.717) is 17.9 Å². The molecule has 0 radical (unpaired) electrons. The van der Waals surface area contributed by atoms with Crippen molar-refractivity contribution in [1.82, 2.24) is 0 Å². The number of hydrogen-bond acceptors (Lipinski definition) is 3. The zero-order valence-corrected chi connectivity index (χ0v) is 15.7. The van der Waals surface area contributed by atoms with Crippen LogP contribution in [0.25, 0.3) is 0 Å². The third-order valence-corrected chi connectivity index (χ3v) is 4.36. The average Bonchev–Trinajstić information content (AvgIpc) is 2.70. The van der Waals surface area contributed by atoms with Crippen LogP contribution in [0.3, 0.4) is 0 Å². The molecule has 142 valence electrons. The minimum Gasteiger partial charge on any atom is -0.489 e. The van der Waals surface area contributed by atoms with E-state index in [-0.39, 0.29) is 11.5 Å². The van der Waals surface area contributed by atoms with Gasteiger partial charge in [0.25, 0.3) is 5.91 Å². The Morgan fingerprint density at radius 2 is 1.54 bits per heavy atom. The van der Waals surface area contributed by atoms with Gasteiger partial charge in [0.2, 0.25) is 0 Å². The molecule has 2 N–H and O–H groups in total. The maximum Gasteiger partial charge on any atom is 0.335 e. The van der Waals surface area contributed by atoms with E-state index in [2.05, 4.69) is 5.32 Å². The number of carbonyl (C=O) groups is 2. The van der Waals surface area contributed by atoms with Crippen molar-refractivity contribution in [2.45, 2.75) is 20.5 Å². The van der Waals surface area contributed by atoms with E-state index >= 15 is 0 Å².